The number of piperidine rings is 1. The number of carbonyl (C=O) groups is 1. The van der Waals surface area contributed by atoms with E-state index >= 15 is 0 Å². The lowest BCUT2D eigenvalue weighted by Crippen LogP contribution is -2.52. The molecule has 2 N–H and O–H groups in total. The van der Waals surface area contributed by atoms with Gasteiger partial charge in [-0.05, 0) is 50.2 Å². The normalized spacial score (nSPS) is 21.1. The van der Waals surface area contributed by atoms with Crippen molar-refractivity contribution in [2.24, 2.45) is 5.92 Å². The van der Waals surface area contributed by atoms with Gasteiger partial charge in [-0.15, -0.1) is 0 Å². The molecule has 6 heteroatoms. The Bertz CT molecular complexity index is 754. The highest BCUT2D eigenvalue weighted by Gasteiger charge is 2.30. The summed E-state index contributed by atoms with van der Waals surface area (Å²) in [6, 6.07) is 11.0. The molecule has 4 rings (SSSR count). The quantitative estimate of drug-likeness (QED) is 0.854. The van der Waals surface area contributed by atoms with Gasteiger partial charge in [0.1, 0.15) is 0 Å². The van der Waals surface area contributed by atoms with Crippen molar-refractivity contribution in [2.75, 3.05) is 46.3 Å². The van der Waals surface area contributed by atoms with E-state index in [-0.39, 0.29) is 6.03 Å². The Morgan fingerprint density at radius 1 is 1.14 bits per heavy atom. The summed E-state index contributed by atoms with van der Waals surface area (Å²) < 4.78 is 0. The van der Waals surface area contributed by atoms with E-state index in [1.807, 2.05) is 17.0 Å². The van der Waals surface area contributed by atoms with E-state index in [0.717, 1.165) is 37.1 Å². The molecule has 2 amide bonds. The van der Waals surface area contributed by atoms with Gasteiger partial charge in [-0.1, -0.05) is 18.2 Å². The fourth-order valence-corrected chi connectivity index (χ4v) is 4.62. The zero-order valence-corrected chi connectivity index (χ0v) is 17.2. The number of H-pyrrole nitrogens is 1. The Balaban J connectivity index is 1.23. The van der Waals surface area contributed by atoms with Crippen LogP contribution in [-0.4, -0.2) is 78.1 Å². The zero-order chi connectivity index (χ0) is 19.5. The fourth-order valence-electron chi connectivity index (χ4n) is 4.62. The molecule has 0 radical (unpaired) electrons. The Morgan fingerprint density at radius 3 is 2.57 bits per heavy atom. The smallest absolute Gasteiger partial charge is 0.317 e. The van der Waals surface area contributed by atoms with Crippen LogP contribution in [0.25, 0.3) is 10.9 Å². The summed E-state index contributed by atoms with van der Waals surface area (Å²) in [6.07, 6.45) is 2.21. The Hall–Kier alpha value is -2.05. The molecule has 1 aromatic heterocycles. The van der Waals surface area contributed by atoms with Gasteiger partial charge in [0.15, 0.2) is 0 Å². The summed E-state index contributed by atoms with van der Waals surface area (Å²) in [7, 11) is 2.20. The van der Waals surface area contributed by atoms with Crippen LogP contribution in [0.5, 0.6) is 0 Å². The van der Waals surface area contributed by atoms with Crippen molar-refractivity contribution in [3.05, 3.63) is 36.0 Å². The molecule has 6 nitrogen and oxygen atoms in total. The molecular weight excluding hydrogens is 350 g/mol. The average molecular weight is 384 g/mol. The highest BCUT2D eigenvalue weighted by atomic mass is 16.2. The molecule has 1 aromatic carbocycles. The first-order valence-electron chi connectivity index (χ1n) is 10.6. The number of nitrogens with one attached hydrogen (secondary N) is 2. The number of urea groups is 1. The predicted octanol–water partition coefficient (Wildman–Crippen LogP) is 2.73. The number of aromatic nitrogens is 1. The minimum atomic E-state index is 0.0596. The first kappa shape index (κ1) is 19.3. The number of amides is 2. The van der Waals surface area contributed by atoms with Gasteiger partial charge in [-0.25, -0.2) is 4.79 Å². The topological polar surface area (TPSA) is 54.6 Å². The molecule has 2 aliphatic heterocycles. The zero-order valence-electron chi connectivity index (χ0n) is 17.2. The van der Waals surface area contributed by atoms with Gasteiger partial charge >= 0.3 is 6.03 Å². The second-order valence-corrected chi connectivity index (χ2v) is 8.44. The maximum absolute atomic E-state index is 12.6. The maximum Gasteiger partial charge on any atom is 0.317 e. The summed E-state index contributed by atoms with van der Waals surface area (Å²) in [4.78, 5) is 23.0. The molecule has 1 unspecified atom stereocenters. The van der Waals surface area contributed by atoms with Crippen molar-refractivity contribution in [3.63, 3.8) is 0 Å². The number of rotatable bonds is 4. The molecule has 0 aliphatic carbocycles. The van der Waals surface area contributed by atoms with E-state index in [4.69, 9.17) is 0 Å². The number of fused-ring (bicyclic) bond motifs is 1. The molecule has 2 aliphatic rings. The van der Waals surface area contributed by atoms with Crippen LogP contribution in [0.2, 0.25) is 0 Å². The predicted molar refractivity (Wildman–Crippen MR) is 113 cm³/mol. The minimum Gasteiger partial charge on any atom is -0.357 e. The molecular formula is C22H33N5O. The number of carbonyl (C=O) groups excluding carboxylic acids is 1. The first-order chi connectivity index (χ1) is 13.6. The second-order valence-electron chi connectivity index (χ2n) is 8.44. The van der Waals surface area contributed by atoms with Crippen LogP contribution in [0, 0.1) is 5.92 Å². The standard InChI is InChI=1S/C22H33N5O/c1-17(26-13-11-25(2)12-14-26)18-7-9-27(10-8-18)22(28)23-16-20-15-19-5-3-4-6-21(19)24-20/h3-6,15,17-18,24H,7-14,16H2,1-2H3,(H,23,28). The molecule has 2 fully saturated rings. The fraction of sp³-hybridized carbons (Fsp3) is 0.591. The van der Waals surface area contributed by atoms with Gasteiger partial charge in [0.25, 0.3) is 0 Å². The van der Waals surface area contributed by atoms with Crippen LogP contribution in [0.1, 0.15) is 25.5 Å². The van der Waals surface area contributed by atoms with Gasteiger partial charge < -0.3 is 20.1 Å². The largest absolute Gasteiger partial charge is 0.357 e. The van der Waals surface area contributed by atoms with Crippen molar-refractivity contribution in [1.82, 2.24) is 25.0 Å². The molecule has 2 saturated heterocycles. The van der Waals surface area contributed by atoms with Crippen LogP contribution in [0.4, 0.5) is 4.79 Å². The van der Waals surface area contributed by atoms with Crippen molar-refractivity contribution in [3.8, 4) is 0 Å². The number of aromatic amines is 1. The highest BCUT2D eigenvalue weighted by Crippen LogP contribution is 2.25. The number of piperazine rings is 1. The van der Waals surface area contributed by atoms with Crippen LogP contribution in [0.3, 0.4) is 0 Å². The summed E-state index contributed by atoms with van der Waals surface area (Å²) in [5.74, 6) is 0.696. The van der Waals surface area contributed by atoms with E-state index in [0.29, 0.717) is 18.5 Å². The van der Waals surface area contributed by atoms with Crippen LogP contribution >= 0.6 is 0 Å². The third-order valence-corrected chi connectivity index (χ3v) is 6.64. The summed E-state index contributed by atoms with van der Waals surface area (Å²) in [5.41, 5.74) is 2.17. The van der Waals surface area contributed by atoms with Gasteiger partial charge in [0.05, 0.1) is 6.54 Å². The van der Waals surface area contributed by atoms with Crippen LogP contribution in [0.15, 0.2) is 30.3 Å². The molecule has 28 heavy (non-hydrogen) atoms. The Kier molecular flexibility index (Phi) is 5.87. The monoisotopic (exact) mass is 383 g/mol. The minimum absolute atomic E-state index is 0.0596. The summed E-state index contributed by atoms with van der Waals surface area (Å²) in [6.45, 7) is 9.32. The van der Waals surface area contributed by atoms with Crippen molar-refractivity contribution >= 4 is 16.9 Å². The summed E-state index contributed by atoms with van der Waals surface area (Å²) >= 11 is 0. The van der Waals surface area contributed by atoms with Gasteiger partial charge in [-0.2, -0.15) is 0 Å². The van der Waals surface area contributed by atoms with Crippen molar-refractivity contribution < 1.29 is 4.79 Å². The van der Waals surface area contributed by atoms with E-state index in [1.165, 1.54) is 31.6 Å². The van der Waals surface area contributed by atoms with Gasteiger partial charge in [-0.3, -0.25) is 4.90 Å². The number of hydrogen-bond acceptors (Lipinski definition) is 3. The molecule has 152 valence electrons. The second kappa shape index (κ2) is 8.53. The van der Waals surface area contributed by atoms with Crippen molar-refractivity contribution in [1.29, 1.82) is 0 Å². The molecule has 3 heterocycles. The summed E-state index contributed by atoms with van der Waals surface area (Å²) in [5, 5.41) is 4.27. The Morgan fingerprint density at radius 2 is 1.86 bits per heavy atom. The molecule has 1 atom stereocenters. The van der Waals surface area contributed by atoms with Crippen LogP contribution < -0.4 is 5.32 Å². The number of benzene rings is 1. The van der Waals surface area contributed by atoms with Gasteiger partial charge in [0.2, 0.25) is 0 Å². The van der Waals surface area contributed by atoms with Crippen LogP contribution in [-0.2, 0) is 6.54 Å². The molecule has 0 saturated carbocycles. The van der Waals surface area contributed by atoms with Crippen molar-refractivity contribution in [2.45, 2.75) is 32.4 Å². The van der Waals surface area contributed by atoms with E-state index in [1.54, 1.807) is 0 Å². The first-order valence-corrected chi connectivity index (χ1v) is 10.6. The number of nitrogens with zero attached hydrogens (tertiary/aromatic N) is 3. The van der Waals surface area contributed by atoms with E-state index < -0.39 is 0 Å². The maximum atomic E-state index is 12.6. The average Bonchev–Trinajstić information content (AvgIpc) is 3.15. The lowest BCUT2D eigenvalue weighted by atomic mass is 9.89. The number of likely N-dealkylation sites (tertiary alicyclic amines) is 1. The Labute approximate surface area is 167 Å². The number of hydrogen-bond donors (Lipinski definition) is 2. The third kappa shape index (κ3) is 4.33. The highest BCUT2D eigenvalue weighted by molar-refractivity contribution is 5.80. The number of para-hydroxylation sites is 1. The number of likely N-dealkylation sites (N-methyl/N-ethyl adjacent to an activating group) is 1. The molecule has 0 bridgehead atoms. The third-order valence-electron chi connectivity index (χ3n) is 6.64. The van der Waals surface area contributed by atoms with Gasteiger partial charge in [0, 0.05) is 56.5 Å². The van der Waals surface area contributed by atoms with E-state index in [9.17, 15) is 4.79 Å². The lowest BCUT2D eigenvalue weighted by molar-refractivity contribution is 0.0664. The lowest BCUT2D eigenvalue weighted by Gasteiger charge is -2.42. The molecule has 0 spiro atoms. The SMILES string of the molecule is CC(C1CCN(C(=O)NCc2cc3ccccc3[nH]2)CC1)N1CCN(C)CC1. The molecule has 2 aromatic rings. The van der Waals surface area contributed by atoms with E-state index in [2.05, 4.69) is 52.3 Å².